The lowest BCUT2D eigenvalue weighted by atomic mass is 9.87. The van der Waals surface area contributed by atoms with E-state index in [9.17, 15) is 9.59 Å². The molecule has 0 unspecified atom stereocenters. The van der Waals surface area contributed by atoms with Crippen molar-refractivity contribution in [1.82, 2.24) is 4.57 Å². The number of nitrogens with zero attached hydrogens (tertiary/aromatic N) is 1. The average Bonchev–Trinajstić information content (AvgIpc) is 2.41. The first-order chi connectivity index (χ1) is 9.79. The first-order valence-corrected chi connectivity index (χ1v) is 6.86. The van der Waals surface area contributed by atoms with Crippen molar-refractivity contribution in [3.05, 3.63) is 64.1 Å². The molecule has 0 aliphatic heterocycles. The second-order valence-electron chi connectivity index (χ2n) is 6.12. The van der Waals surface area contributed by atoms with E-state index in [0.717, 1.165) is 0 Å². The molecule has 0 aliphatic carbocycles. The summed E-state index contributed by atoms with van der Waals surface area (Å²) in [6, 6.07) is 10.9. The Hall–Kier alpha value is -2.36. The molecule has 2 aromatic rings. The van der Waals surface area contributed by atoms with Gasteiger partial charge < -0.3 is 9.88 Å². The van der Waals surface area contributed by atoms with E-state index in [1.54, 1.807) is 19.3 Å². The number of rotatable bonds is 2. The molecule has 0 radical (unpaired) electrons. The molecule has 4 heteroatoms. The number of hydrogen-bond acceptors (Lipinski definition) is 2. The summed E-state index contributed by atoms with van der Waals surface area (Å²) in [4.78, 5) is 24.0. The lowest BCUT2D eigenvalue weighted by Gasteiger charge is -2.19. The average molecular weight is 284 g/mol. The van der Waals surface area contributed by atoms with Gasteiger partial charge in [-0.3, -0.25) is 9.59 Å². The van der Waals surface area contributed by atoms with Crippen LogP contribution in [0.3, 0.4) is 0 Å². The molecule has 0 saturated heterocycles. The van der Waals surface area contributed by atoms with Crippen molar-refractivity contribution < 1.29 is 4.79 Å². The molecule has 0 spiro atoms. The standard InChI is InChI=1S/C17H20N2O2/c1-17(2,3)12-7-9-13(10-8-12)18-15(20)14-6-5-11-19(4)16(14)21/h5-11H,1-4H3,(H,18,20). The number of aromatic nitrogens is 1. The van der Waals surface area contributed by atoms with Gasteiger partial charge in [0.05, 0.1) is 0 Å². The third-order valence-corrected chi connectivity index (χ3v) is 3.38. The highest BCUT2D eigenvalue weighted by Crippen LogP contribution is 2.23. The van der Waals surface area contributed by atoms with Crippen molar-refractivity contribution in [2.45, 2.75) is 26.2 Å². The molecule has 1 N–H and O–H groups in total. The first-order valence-electron chi connectivity index (χ1n) is 6.86. The number of pyridine rings is 1. The number of amides is 1. The van der Waals surface area contributed by atoms with E-state index < -0.39 is 0 Å². The Labute approximate surface area is 124 Å². The van der Waals surface area contributed by atoms with Crippen LogP contribution in [-0.4, -0.2) is 10.5 Å². The molecule has 0 saturated carbocycles. The summed E-state index contributed by atoms with van der Waals surface area (Å²) in [7, 11) is 1.62. The third kappa shape index (κ3) is 3.40. The van der Waals surface area contributed by atoms with Gasteiger partial charge in [-0.05, 0) is 35.2 Å². The van der Waals surface area contributed by atoms with E-state index >= 15 is 0 Å². The quantitative estimate of drug-likeness (QED) is 0.921. The lowest BCUT2D eigenvalue weighted by molar-refractivity contribution is 0.102. The maximum Gasteiger partial charge on any atom is 0.263 e. The summed E-state index contributed by atoms with van der Waals surface area (Å²) in [5.74, 6) is -0.389. The van der Waals surface area contributed by atoms with Gasteiger partial charge in [-0.1, -0.05) is 32.9 Å². The minimum atomic E-state index is -0.389. The number of carbonyl (C=O) groups is 1. The lowest BCUT2D eigenvalue weighted by Crippen LogP contribution is -2.27. The minimum Gasteiger partial charge on any atom is -0.322 e. The van der Waals surface area contributed by atoms with Crippen LogP contribution in [-0.2, 0) is 12.5 Å². The van der Waals surface area contributed by atoms with Crippen molar-refractivity contribution in [1.29, 1.82) is 0 Å². The van der Waals surface area contributed by atoms with Crippen LogP contribution in [0.2, 0.25) is 0 Å². The molecule has 0 fully saturated rings. The summed E-state index contributed by atoms with van der Waals surface area (Å²) >= 11 is 0. The van der Waals surface area contributed by atoms with E-state index in [1.807, 2.05) is 24.3 Å². The van der Waals surface area contributed by atoms with Gasteiger partial charge in [0.25, 0.3) is 11.5 Å². The van der Waals surface area contributed by atoms with Gasteiger partial charge >= 0.3 is 0 Å². The molecule has 0 aliphatic rings. The smallest absolute Gasteiger partial charge is 0.263 e. The summed E-state index contributed by atoms with van der Waals surface area (Å²) in [6.45, 7) is 6.40. The van der Waals surface area contributed by atoms with Crippen LogP contribution < -0.4 is 10.9 Å². The van der Waals surface area contributed by atoms with E-state index in [0.29, 0.717) is 5.69 Å². The number of hydrogen-bond donors (Lipinski definition) is 1. The fourth-order valence-corrected chi connectivity index (χ4v) is 2.02. The molecule has 4 nitrogen and oxygen atoms in total. The Bertz CT molecular complexity index is 707. The monoisotopic (exact) mass is 284 g/mol. The highest BCUT2D eigenvalue weighted by atomic mass is 16.2. The fourth-order valence-electron chi connectivity index (χ4n) is 2.02. The number of carbonyl (C=O) groups excluding carboxylic acids is 1. The zero-order valence-corrected chi connectivity index (χ0v) is 12.8. The van der Waals surface area contributed by atoms with Gasteiger partial charge in [0.1, 0.15) is 5.56 Å². The van der Waals surface area contributed by atoms with Crippen molar-refractivity contribution in [3.63, 3.8) is 0 Å². The van der Waals surface area contributed by atoms with Crippen molar-refractivity contribution in [3.8, 4) is 0 Å². The number of anilines is 1. The fraction of sp³-hybridized carbons (Fsp3) is 0.294. The predicted molar refractivity (Wildman–Crippen MR) is 84.8 cm³/mol. The summed E-state index contributed by atoms with van der Waals surface area (Å²) in [5, 5.41) is 2.75. The Balaban J connectivity index is 2.20. The predicted octanol–water partition coefficient (Wildman–Crippen LogP) is 2.94. The van der Waals surface area contributed by atoms with Crippen LogP contribution in [0, 0.1) is 0 Å². The van der Waals surface area contributed by atoms with E-state index in [2.05, 4.69) is 26.1 Å². The maximum atomic E-state index is 12.1. The number of aryl methyl sites for hydroxylation is 1. The maximum absolute atomic E-state index is 12.1. The first kappa shape index (κ1) is 15.0. The molecule has 1 heterocycles. The molecule has 0 atom stereocenters. The zero-order valence-electron chi connectivity index (χ0n) is 12.8. The highest BCUT2D eigenvalue weighted by Gasteiger charge is 2.14. The van der Waals surface area contributed by atoms with Gasteiger partial charge in [0, 0.05) is 18.9 Å². The van der Waals surface area contributed by atoms with E-state index in [1.165, 1.54) is 16.2 Å². The molecule has 2 rings (SSSR count). The highest BCUT2D eigenvalue weighted by molar-refractivity contribution is 6.03. The van der Waals surface area contributed by atoms with E-state index in [4.69, 9.17) is 0 Å². The van der Waals surface area contributed by atoms with Crippen LogP contribution in [0.25, 0.3) is 0 Å². The van der Waals surface area contributed by atoms with Crippen molar-refractivity contribution >= 4 is 11.6 Å². The summed E-state index contributed by atoms with van der Waals surface area (Å²) < 4.78 is 1.39. The van der Waals surface area contributed by atoms with Gasteiger partial charge in [-0.25, -0.2) is 0 Å². The van der Waals surface area contributed by atoms with Crippen LogP contribution >= 0.6 is 0 Å². The Kier molecular flexibility index (Phi) is 3.98. The molecule has 1 aromatic heterocycles. The topological polar surface area (TPSA) is 51.1 Å². The Morgan fingerprint density at radius 3 is 2.29 bits per heavy atom. The van der Waals surface area contributed by atoms with Gasteiger partial charge in [0.2, 0.25) is 0 Å². The van der Waals surface area contributed by atoms with Crippen LogP contribution in [0.4, 0.5) is 5.69 Å². The van der Waals surface area contributed by atoms with Crippen molar-refractivity contribution in [2.24, 2.45) is 7.05 Å². The number of nitrogens with one attached hydrogen (secondary N) is 1. The minimum absolute atomic E-state index is 0.0674. The van der Waals surface area contributed by atoms with Crippen molar-refractivity contribution in [2.75, 3.05) is 5.32 Å². The largest absolute Gasteiger partial charge is 0.322 e. The normalized spacial score (nSPS) is 11.2. The van der Waals surface area contributed by atoms with Crippen LogP contribution in [0.5, 0.6) is 0 Å². The van der Waals surface area contributed by atoms with Gasteiger partial charge in [-0.2, -0.15) is 0 Å². The molecule has 110 valence electrons. The second-order valence-corrected chi connectivity index (χ2v) is 6.12. The van der Waals surface area contributed by atoms with E-state index in [-0.39, 0.29) is 22.4 Å². The molecule has 1 amide bonds. The Morgan fingerprint density at radius 1 is 1.10 bits per heavy atom. The SMILES string of the molecule is Cn1cccc(C(=O)Nc2ccc(C(C)(C)C)cc2)c1=O. The molecular formula is C17H20N2O2. The second kappa shape index (κ2) is 5.56. The molecule has 1 aromatic carbocycles. The Morgan fingerprint density at radius 2 is 1.71 bits per heavy atom. The molecular weight excluding hydrogens is 264 g/mol. The van der Waals surface area contributed by atoms with Gasteiger partial charge in [0.15, 0.2) is 0 Å². The van der Waals surface area contributed by atoms with Gasteiger partial charge in [-0.15, -0.1) is 0 Å². The third-order valence-electron chi connectivity index (χ3n) is 3.38. The molecule has 0 bridgehead atoms. The summed E-state index contributed by atoms with van der Waals surface area (Å²) in [5.41, 5.74) is 1.77. The number of benzene rings is 1. The summed E-state index contributed by atoms with van der Waals surface area (Å²) in [6.07, 6.45) is 1.62. The molecule has 21 heavy (non-hydrogen) atoms. The zero-order chi connectivity index (χ0) is 15.6. The van der Waals surface area contributed by atoms with Crippen LogP contribution in [0.15, 0.2) is 47.4 Å². The van der Waals surface area contributed by atoms with Crippen LogP contribution in [0.1, 0.15) is 36.7 Å².